The molecule has 4 aromatic rings. The first-order valence-electron chi connectivity index (χ1n) is 12.5. The summed E-state index contributed by atoms with van der Waals surface area (Å²) in [5.74, 6) is 1.08. The van der Waals surface area contributed by atoms with Crippen molar-refractivity contribution in [1.82, 2.24) is 0 Å². The van der Waals surface area contributed by atoms with E-state index < -0.39 is 0 Å². The van der Waals surface area contributed by atoms with E-state index in [0.717, 1.165) is 53.6 Å². The predicted molar refractivity (Wildman–Crippen MR) is 155 cm³/mol. The lowest BCUT2D eigenvalue weighted by atomic mass is 9.96. The van der Waals surface area contributed by atoms with Crippen LogP contribution in [0.5, 0.6) is 0 Å². The molecule has 0 saturated carbocycles. The van der Waals surface area contributed by atoms with Gasteiger partial charge in [0.2, 0.25) is 0 Å². The summed E-state index contributed by atoms with van der Waals surface area (Å²) in [6.07, 6.45) is 8.19. The summed E-state index contributed by atoms with van der Waals surface area (Å²) >= 11 is 14.1. The van der Waals surface area contributed by atoms with Gasteiger partial charge in [0.15, 0.2) is 0 Å². The van der Waals surface area contributed by atoms with Gasteiger partial charge in [-0.1, -0.05) is 48.2 Å². The highest BCUT2D eigenvalue weighted by molar-refractivity contribution is 7.16. The van der Waals surface area contributed by atoms with Gasteiger partial charge < -0.3 is 9.73 Å². The van der Waals surface area contributed by atoms with E-state index in [1.807, 2.05) is 38.1 Å². The average Bonchev–Trinajstić information content (AvgIpc) is 3.46. The van der Waals surface area contributed by atoms with Crippen LogP contribution >= 0.6 is 34.5 Å². The normalized spacial score (nSPS) is 13.8. The zero-order valence-electron chi connectivity index (χ0n) is 20.9. The Hall–Kier alpha value is -2.86. The Kier molecular flexibility index (Phi) is 7.84. The van der Waals surface area contributed by atoms with Gasteiger partial charge in [-0.25, -0.2) is 4.99 Å². The van der Waals surface area contributed by atoms with E-state index in [9.17, 15) is 4.79 Å². The molecule has 4 nitrogen and oxygen atoms in total. The first-order chi connectivity index (χ1) is 17.9. The number of aryl methyl sites for hydroxylation is 3. The van der Waals surface area contributed by atoms with E-state index in [4.69, 9.17) is 32.6 Å². The van der Waals surface area contributed by atoms with Crippen LogP contribution in [0.3, 0.4) is 0 Å². The lowest BCUT2D eigenvalue weighted by Crippen LogP contribution is -2.15. The van der Waals surface area contributed by atoms with Crippen LogP contribution in [0.25, 0.3) is 11.3 Å². The fourth-order valence-corrected chi connectivity index (χ4v) is 6.27. The summed E-state index contributed by atoms with van der Waals surface area (Å²) in [4.78, 5) is 19.7. The van der Waals surface area contributed by atoms with Gasteiger partial charge in [0.1, 0.15) is 16.5 Å². The van der Waals surface area contributed by atoms with Gasteiger partial charge in [-0.05, 0) is 92.6 Å². The fourth-order valence-electron chi connectivity index (χ4n) is 4.66. The summed E-state index contributed by atoms with van der Waals surface area (Å²) in [5, 5.41) is 5.02. The Balaban J connectivity index is 1.49. The van der Waals surface area contributed by atoms with Crippen molar-refractivity contribution in [2.45, 2.75) is 52.4 Å². The molecule has 2 heterocycles. The molecule has 0 radical (unpaired) electrons. The highest BCUT2D eigenvalue weighted by Crippen LogP contribution is 2.40. The Morgan fingerprint density at radius 1 is 1.00 bits per heavy atom. The third-order valence-corrected chi connectivity index (χ3v) is 8.42. The van der Waals surface area contributed by atoms with Crippen LogP contribution in [0.15, 0.2) is 57.9 Å². The SMILES string of the molecule is Cc1ccc(C)c(NC(=O)c2c(N=Cc3ccc(-c4cc(Cl)ccc4Cl)o3)sc3c2CCCCCC3)c1. The van der Waals surface area contributed by atoms with Crippen LogP contribution in [0, 0.1) is 13.8 Å². The summed E-state index contributed by atoms with van der Waals surface area (Å²) < 4.78 is 6.01. The largest absolute Gasteiger partial charge is 0.455 e. The number of aliphatic imine (C=N–C) groups is 1. The highest BCUT2D eigenvalue weighted by Gasteiger charge is 2.24. The van der Waals surface area contributed by atoms with Crippen LogP contribution in [0.4, 0.5) is 10.7 Å². The molecule has 1 N–H and O–H groups in total. The second kappa shape index (κ2) is 11.3. The number of furan rings is 1. The number of benzene rings is 2. The number of amides is 1. The molecule has 1 amide bonds. The van der Waals surface area contributed by atoms with E-state index in [0.29, 0.717) is 32.1 Å². The summed E-state index contributed by atoms with van der Waals surface area (Å²) in [6.45, 7) is 4.03. The Bertz CT molecular complexity index is 1480. The molecule has 0 fully saturated rings. The Labute approximate surface area is 231 Å². The van der Waals surface area contributed by atoms with Gasteiger partial charge in [-0.15, -0.1) is 11.3 Å². The third kappa shape index (κ3) is 5.85. The molecule has 1 aliphatic carbocycles. The lowest BCUT2D eigenvalue weighted by molar-refractivity contribution is 0.102. The number of fused-ring (bicyclic) bond motifs is 1. The molecule has 0 aliphatic heterocycles. The predicted octanol–water partition coefficient (Wildman–Crippen LogP) is 9.59. The van der Waals surface area contributed by atoms with Crippen LogP contribution in [0.1, 0.15) is 63.4 Å². The summed E-state index contributed by atoms with van der Waals surface area (Å²) in [6, 6.07) is 15.1. The minimum atomic E-state index is -0.107. The lowest BCUT2D eigenvalue weighted by Gasteiger charge is -2.13. The number of thiophene rings is 1. The van der Waals surface area contributed by atoms with Crippen LogP contribution in [-0.4, -0.2) is 12.1 Å². The smallest absolute Gasteiger partial charge is 0.259 e. The summed E-state index contributed by atoms with van der Waals surface area (Å²) in [5.41, 5.74) is 5.52. The van der Waals surface area contributed by atoms with Gasteiger partial charge in [0.25, 0.3) is 5.91 Å². The number of halogens is 2. The Morgan fingerprint density at radius 2 is 1.81 bits per heavy atom. The molecule has 0 spiro atoms. The molecular weight excluding hydrogens is 523 g/mol. The molecule has 190 valence electrons. The maximum atomic E-state index is 13.7. The molecule has 2 aromatic heterocycles. The number of hydrogen-bond acceptors (Lipinski definition) is 4. The number of carbonyl (C=O) groups excluding carboxylic acids is 1. The van der Waals surface area contributed by atoms with Crippen molar-refractivity contribution in [3.05, 3.63) is 91.5 Å². The number of rotatable bonds is 5. The van der Waals surface area contributed by atoms with Gasteiger partial charge >= 0.3 is 0 Å². The average molecular weight is 552 g/mol. The second-order valence-electron chi connectivity index (χ2n) is 9.46. The maximum absolute atomic E-state index is 13.7. The van der Waals surface area contributed by atoms with Gasteiger partial charge in [-0.3, -0.25) is 4.79 Å². The molecule has 5 rings (SSSR count). The van der Waals surface area contributed by atoms with Crippen molar-refractivity contribution in [2.24, 2.45) is 4.99 Å². The second-order valence-corrected chi connectivity index (χ2v) is 11.4. The van der Waals surface area contributed by atoms with E-state index in [1.54, 1.807) is 35.8 Å². The third-order valence-electron chi connectivity index (χ3n) is 6.65. The quantitative estimate of drug-likeness (QED) is 0.251. The first kappa shape index (κ1) is 25.8. The fraction of sp³-hybridized carbons (Fsp3) is 0.267. The first-order valence-corrected chi connectivity index (χ1v) is 14.1. The number of nitrogens with one attached hydrogen (secondary N) is 1. The zero-order chi connectivity index (χ0) is 25.9. The molecular formula is C30H28Cl2N2O2S. The van der Waals surface area contributed by atoms with Crippen molar-refractivity contribution < 1.29 is 9.21 Å². The maximum Gasteiger partial charge on any atom is 0.259 e. The van der Waals surface area contributed by atoms with Crippen molar-refractivity contribution in [3.63, 3.8) is 0 Å². The Morgan fingerprint density at radius 3 is 2.65 bits per heavy atom. The van der Waals surface area contributed by atoms with Crippen LogP contribution in [0.2, 0.25) is 10.0 Å². The van der Waals surface area contributed by atoms with E-state index in [2.05, 4.69) is 11.4 Å². The minimum absolute atomic E-state index is 0.107. The van der Waals surface area contributed by atoms with E-state index in [1.165, 1.54) is 17.7 Å². The van der Waals surface area contributed by atoms with Crippen LogP contribution < -0.4 is 5.32 Å². The zero-order valence-corrected chi connectivity index (χ0v) is 23.2. The summed E-state index contributed by atoms with van der Waals surface area (Å²) in [7, 11) is 0. The molecule has 1 aliphatic rings. The van der Waals surface area contributed by atoms with Crippen molar-refractivity contribution in [2.75, 3.05) is 5.32 Å². The van der Waals surface area contributed by atoms with Crippen molar-refractivity contribution in [1.29, 1.82) is 0 Å². The van der Waals surface area contributed by atoms with Crippen molar-refractivity contribution >= 4 is 57.3 Å². The standard InChI is InChI=1S/C30H28Cl2N2O2S/c1-18-9-10-19(2)25(15-18)34-29(35)28-22-7-5-3-4-6-8-27(22)37-30(28)33-17-21-12-14-26(36-21)23-16-20(31)11-13-24(23)32/h9-17H,3-8H2,1-2H3,(H,34,35). The number of anilines is 1. The van der Waals surface area contributed by atoms with Gasteiger partial charge in [0, 0.05) is 21.2 Å². The van der Waals surface area contributed by atoms with Gasteiger partial charge in [-0.2, -0.15) is 0 Å². The molecule has 0 bridgehead atoms. The molecule has 37 heavy (non-hydrogen) atoms. The van der Waals surface area contributed by atoms with Crippen molar-refractivity contribution in [3.8, 4) is 11.3 Å². The minimum Gasteiger partial charge on any atom is -0.455 e. The van der Waals surface area contributed by atoms with E-state index >= 15 is 0 Å². The molecule has 0 saturated heterocycles. The van der Waals surface area contributed by atoms with Crippen LogP contribution in [-0.2, 0) is 12.8 Å². The monoisotopic (exact) mass is 550 g/mol. The molecule has 7 heteroatoms. The molecule has 0 atom stereocenters. The number of hydrogen-bond donors (Lipinski definition) is 1. The molecule has 2 aromatic carbocycles. The number of carbonyl (C=O) groups is 1. The van der Waals surface area contributed by atoms with E-state index in [-0.39, 0.29) is 5.91 Å². The molecule has 0 unspecified atom stereocenters. The van der Waals surface area contributed by atoms with Gasteiger partial charge in [0.05, 0.1) is 16.8 Å². The number of nitrogens with zero attached hydrogens (tertiary/aromatic N) is 1. The topological polar surface area (TPSA) is 54.6 Å². The highest BCUT2D eigenvalue weighted by atomic mass is 35.5.